The van der Waals surface area contributed by atoms with Crippen molar-refractivity contribution >= 4 is 0 Å². The molecule has 1 heterocycles. The zero-order chi connectivity index (χ0) is 16.3. The summed E-state index contributed by atoms with van der Waals surface area (Å²) >= 11 is 0. The molecular formula is C16H33N5. The number of nitrogens with zero attached hydrogens (tertiary/aromatic N) is 4. The van der Waals surface area contributed by atoms with Gasteiger partial charge in [-0.25, -0.2) is 0 Å². The molecule has 0 aliphatic rings. The van der Waals surface area contributed by atoms with E-state index in [2.05, 4.69) is 76.0 Å². The summed E-state index contributed by atoms with van der Waals surface area (Å²) in [5.74, 6) is 0. The first-order chi connectivity index (χ1) is 9.49. The molecule has 1 rings (SSSR count). The largest absolute Gasteiger partial charge is 0.306 e. The Morgan fingerprint density at radius 1 is 1.24 bits per heavy atom. The third-order valence-corrected chi connectivity index (χ3v) is 3.98. The fourth-order valence-electron chi connectivity index (χ4n) is 2.00. The summed E-state index contributed by atoms with van der Waals surface area (Å²) in [4.78, 5) is 2.38. The molecule has 5 nitrogen and oxygen atoms in total. The van der Waals surface area contributed by atoms with Gasteiger partial charge in [0.25, 0.3) is 0 Å². The second kappa shape index (κ2) is 6.88. The molecular weight excluding hydrogens is 262 g/mol. The molecule has 0 aliphatic carbocycles. The topological polar surface area (TPSA) is 46.0 Å². The Balaban J connectivity index is 2.45. The molecule has 0 aliphatic heterocycles. The standard InChI is InChI=1S/C16H33N5/c1-13(15(2,3)4)20(8)9-10-21-12-14(18-19-21)11-17-16(5,6)7/h12-13,17H,9-11H2,1-8H3. The zero-order valence-corrected chi connectivity index (χ0v) is 15.1. The third-order valence-electron chi connectivity index (χ3n) is 3.98. The van der Waals surface area contributed by atoms with Crippen LogP contribution < -0.4 is 5.32 Å². The maximum absolute atomic E-state index is 4.22. The van der Waals surface area contributed by atoms with Gasteiger partial charge in [0.2, 0.25) is 0 Å². The van der Waals surface area contributed by atoms with Gasteiger partial charge in [-0.15, -0.1) is 5.10 Å². The fraction of sp³-hybridized carbons (Fsp3) is 0.875. The molecule has 1 aromatic rings. The van der Waals surface area contributed by atoms with Gasteiger partial charge in [-0.1, -0.05) is 26.0 Å². The average Bonchev–Trinajstić information content (AvgIpc) is 2.78. The molecule has 0 saturated carbocycles. The van der Waals surface area contributed by atoms with E-state index in [1.807, 2.05) is 10.9 Å². The van der Waals surface area contributed by atoms with Crippen LogP contribution in [0.2, 0.25) is 0 Å². The van der Waals surface area contributed by atoms with E-state index in [4.69, 9.17) is 0 Å². The number of aromatic nitrogens is 3. The van der Waals surface area contributed by atoms with Crippen LogP contribution in [0.1, 0.15) is 54.2 Å². The van der Waals surface area contributed by atoms with Crippen molar-refractivity contribution in [2.24, 2.45) is 5.41 Å². The minimum atomic E-state index is 0.103. The Bertz CT molecular complexity index is 425. The Morgan fingerprint density at radius 3 is 2.38 bits per heavy atom. The number of likely N-dealkylation sites (N-methyl/N-ethyl adjacent to an activating group) is 1. The van der Waals surface area contributed by atoms with Crippen molar-refractivity contribution in [1.82, 2.24) is 25.2 Å². The number of rotatable bonds is 6. The molecule has 0 aromatic carbocycles. The van der Waals surface area contributed by atoms with Gasteiger partial charge in [0.1, 0.15) is 0 Å². The lowest BCUT2D eigenvalue weighted by atomic mass is 9.87. The highest BCUT2D eigenvalue weighted by Crippen LogP contribution is 2.22. The minimum Gasteiger partial charge on any atom is -0.306 e. The van der Waals surface area contributed by atoms with E-state index in [0.717, 1.165) is 25.3 Å². The molecule has 1 unspecified atom stereocenters. The van der Waals surface area contributed by atoms with Crippen LogP contribution in [0.3, 0.4) is 0 Å². The van der Waals surface area contributed by atoms with Crippen LogP contribution in [-0.4, -0.2) is 45.1 Å². The average molecular weight is 295 g/mol. The first-order valence-electron chi connectivity index (χ1n) is 7.83. The Hall–Kier alpha value is -0.940. The summed E-state index contributed by atoms with van der Waals surface area (Å²) in [6.45, 7) is 18.2. The van der Waals surface area contributed by atoms with Crippen molar-refractivity contribution in [2.45, 2.75) is 73.1 Å². The zero-order valence-electron chi connectivity index (χ0n) is 15.1. The summed E-state index contributed by atoms with van der Waals surface area (Å²) < 4.78 is 1.94. The predicted octanol–water partition coefficient (Wildman–Crippen LogP) is 2.53. The molecule has 0 bridgehead atoms. The number of nitrogens with one attached hydrogen (secondary N) is 1. The quantitative estimate of drug-likeness (QED) is 0.876. The second-order valence-corrected chi connectivity index (χ2v) is 8.10. The Kier molecular flexibility index (Phi) is 5.93. The van der Waals surface area contributed by atoms with Gasteiger partial charge in [-0.05, 0) is 40.2 Å². The maximum Gasteiger partial charge on any atom is 0.0965 e. The van der Waals surface area contributed by atoms with E-state index >= 15 is 0 Å². The molecule has 1 N–H and O–H groups in total. The molecule has 0 spiro atoms. The van der Waals surface area contributed by atoms with E-state index < -0.39 is 0 Å². The van der Waals surface area contributed by atoms with E-state index in [-0.39, 0.29) is 5.54 Å². The van der Waals surface area contributed by atoms with E-state index in [1.54, 1.807) is 0 Å². The molecule has 0 amide bonds. The number of hydrogen-bond donors (Lipinski definition) is 1. The van der Waals surface area contributed by atoms with Crippen molar-refractivity contribution < 1.29 is 0 Å². The van der Waals surface area contributed by atoms with E-state index in [0.29, 0.717) is 11.5 Å². The van der Waals surface area contributed by atoms with Gasteiger partial charge in [-0.2, -0.15) is 0 Å². The first-order valence-corrected chi connectivity index (χ1v) is 7.83. The molecule has 122 valence electrons. The highest BCUT2D eigenvalue weighted by Gasteiger charge is 2.23. The van der Waals surface area contributed by atoms with Crippen molar-refractivity contribution in [3.8, 4) is 0 Å². The lowest BCUT2D eigenvalue weighted by Crippen LogP contribution is -2.40. The molecule has 1 atom stereocenters. The summed E-state index contributed by atoms with van der Waals surface area (Å²) in [7, 11) is 2.18. The summed E-state index contributed by atoms with van der Waals surface area (Å²) in [5, 5.41) is 11.9. The van der Waals surface area contributed by atoms with Crippen LogP contribution in [0.15, 0.2) is 6.20 Å². The van der Waals surface area contributed by atoms with E-state index in [9.17, 15) is 0 Å². The van der Waals surface area contributed by atoms with Gasteiger partial charge in [0.15, 0.2) is 0 Å². The fourth-order valence-corrected chi connectivity index (χ4v) is 2.00. The van der Waals surface area contributed by atoms with Gasteiger partial charge >= 0.3 is 0 Å². The van der Waals surface area contributed by atoms with Crippen LogP contribution in [0.25, 0.3) is 0 Å². The van der Waals surface area contributed by atoms with Crippen LogP contribution in [-0.2, 0) is 13.1 Å². The smallest absolute Gasteiger partial charge is 0.0965 e. The molecule has 5 heteroatoms. The molecule has 0 radical (unpaired) electrons. The summed E-state index contributed by atoms with van der Waals surface area (Å²) in [5.41, 5.74) is 1.39. The van der Waals surface area contributed by atoms with Crippen molar-refractivity contribution in [3.05, 3.63) is 11.9 Å². The van der Waals surface area contributed by atoms with Gasteiger partial charge in [-0.3, -0.25) is 4.68 Å². The summed E-state index contributed by atoms with van der Waals surface area (Å²) in [6.07, 6.45) is 2.04. The molecule has 0 fully saturated rings. The SMILES string of the molecule is CC(N(C)CCn1cc(CNC(C)(C)C)nn1)C(C)(C)C. The lowest BCUT2D eigenvalue weighted by Gasteiger charge is -2.35. The normalized spacial score (nSPS) is 14.7. The van der Waals surface area contributed by atoms with Gasteiger partial charge in [0, 0.05) is 30.9 Å². The van der Waals surface area contributed by atoms with Crippen molar-refractivity contribution in [3.63, 3.8) is 0 Å². The van der Waals surface area contributed by atoms with Crippen LogP contribution >= 0.6 is 0 Å². The highest BCUT2D eigenvalue weighted by atomic mass is 15.4. The minimum absolute atomic E-state index is 0.103. The third kappa shape index (κ3) is 6.57. The highest BCUT2D eigenvalue weighted by molar-refractivity contribution is 4.93. The second-order valence-electron chi connectivity index (χ2n) is 8.10. The molecule has 21 heavy (non-hydrogen) atoms. The molecule has 0 saturated heterocycles. The Morgan fingerprint density at radius 2 is 1.86 bits per heavy atom. The number of hydrogen-bond acceptors (Lipinski definition) is 4. The predicted molar refractivity (Wildman–Crippen MR) is 88.2 cm³/mol. The first kappa shape index (κ1) is 18.1. The van der Waals surface area contributed by atoms with Crippen LogP contribution in [0.5, 0.6) is 0 Å². The Labute approximate surface area is 130 Å². The van der Waals surface area contributed by atoms with E-state index in [1.165, 1.54) is 0 Å². The van der Waals surface area contributed by atoms with Gasteiger partial charge in [0.05, 0.1) is 12.2 Å². The molecule has 1 aromatic heterocycles. The van der Waals surface area contributed by atoms with Crippen LogP contribution in [0.4, 0.5) is 0 Å². The van der Waals surface area contributed by atoms with Crippen molar-refractivity contribution in [1.29, 1.82) is 0 Å². The summed E-state index contributed by atoms with van der Waals surface area (Å²) in [6, 6.07) is 0.531. The van der Waals surface area contributed by atoms with Crippen molar-refractivity contribution in [2.75, 3.05) is 13.6 Å². The monoisotopic (exact) mass is 295 g/mol. The lowest BCUT2D eigenvalue weighted by molar-refractivity contribution is 0.135. The van der Waals surface area contributed by atoms with Crippen LogP contribution in [0, 0.1) is 5.41 Å². The maximum atomic E-state index is 4.22. The van der Waals surface area contributed by atoms with Gasteiger partial charge < -0.3 is 10.2 Å².